The fourth-order valence-corrected chi connectivity index (χ4v) is 6.80. The van der Waals surface area contributed by atoms with E-state index >= 15 is 0 Å². The molecule has 1 unspecified atom stereocenters. The molecular formula is C29H23Cl2FN2O3S. The van der Waals surface area contributed by atoms with Gasteiger partial charge in [-0.25, -0.2) is 17.1 Å². The molecule has 0 saturated carbocycles. The van der Waals surface area contributed by atoms with Gasteiger partial charge in [-0.05, 0) is 73.5 Å². The van der Waals surface area contributed by atoms with Crippen LogP contribution in [0.15, 0.2) is 100 Å². The Morgan fingerprint density at radius 3 is 1.92 bits per heavy atom. The first-order valence-corrected chi connectivity index (χ1v) is 14.0. The van der Waals surface area contributed by atoms with Crippen LogP contribution >= 0.6 is 23.2 Å². The van der Waals surface area contributed by atoms with Crippen LogP contribution in [-0.4, -0.2) is 13.0 Å². The van der Waals surface area contributed by atoms with Crippen LogP contribution in [0.2, 0.25) is 10.0 Å². The molecular weight excluding hydrogens is 546 g/mol. The number of hydrogen-bond acceptors (Lipinski definition) is 3. The summed E-state index contributed by atoms with van der Waals surface area (Å²) in [5.41, 5.74) is 2.20. The number of allylic oxidation sites excluding steroid dienone is 1. The van der Waals surface area contributed by atoms with Crippen molar-refractivity contribution < 1.29 is 12.8 Å². The molecule has 5 nitrogen and oxygen atoms in total. The van der Waals surface area contributed by atoms with E-state index in [0.29, 0.717) is 26.7 Å². The van der Waals surface area contributed by atoms with Gasteiger partial charge < -0.3 is 0 Å². The maximum Gasteiger partial charge on any atom is 0.269 e. The smallest absolute Gasteiger partial charge is 0.269 e. The molecule has 1 aliphatic rings. The minimum Gasteiger partial charge on any atom is -0.283 e. The minimum absolute atomic E-state index is 0.129. The number of halogens is 3. The molecule has 0 amide bonds. The normalized spacial score (nSPS) is 16.8. The maximum atomic E-state index is 14.9. The molecule has 5 rings (SSSR count). The van der Waals surface area contributed by atoms with Gasteiger partial charge in [0.1, 0.15) is 16.5 Å². The molecule has 194 valence electrons. The Bertz CT molecular complexity index is 1710. The van der Waals surface area contributed by atoms with Crippen LogP contribution in [0.1, 0.15) is 42.6 Å². The fraction of sp³-hybridized carbons (Fsp3) is 0.138. The molecule has 0 aliphatic carbocycles. The Balaban J connectivity index is 1.87. The summed E-state index contributed by atoms with van der Waals surface area (Å²) in [5, 5.41) is 0.968. The highest BCUT2D eigenvalue weighted by molar-refractivity contribution is 7.92. The van der Waals surface area contributed by atoms with E-state index in [-0.39, 0.29) is 11.4 Å². The molecule has 2 atom stereocenters. The van der Waals surface area contributed by atoms with Crippen molar-refractivity contribution >= 4 is 45.1 Å². The van der Waals surface area contributed by atoms with Gasteiger partial charge in [-0.3, -0.25) is 9.36 Å². The van der Waals surface area contributed by atoms with Crippen LogP contribution in [0.4, 0.5) is 10.2 Å². The standard InChI is InChI=1S/C29H23Cl2FN2O3S/c1-18(2)17-21-11-16-26-33(29(21)35)27(19-7-12-22(30)13-8-19)28(20-9-14-23(31)15-10-20)34(26)38(36,37)25-6-4-3-5-24(25)32/h3-17,27-28H,1-2H3/t27-,28?/m0/s1. The Hall–Kier alpha value is -3.39. The lowest BCUT2D eigenvalue weighted by atomic mass is 9.94. The van der Waals surface area contributed by atoms with Crippen molar-refractivity contribution in [1.82, 2.24) is 4.57 Å². The molecule has 0 radical (unpaired) electrons. The van der Waals surface area contributed by atoms with Crippen molar-refractivity contribution in [1.29, 1.82) is 0 Å². The number of rotatable bonds is 5. The first kappa shape index (κ1) is 26.2. The summed E-state index contributed by atoms with van der Waals surface area (Å²) < 4.78 is 45.9. The van der Waals surface area contributed by atoms with Crippen molar-refractivity contribution in [2.75, 3.05) is 4.31 Å². The van der Waals surface area contributed by atoms with E-state index in [9.17, 15) is 17.6 Å². The summed E-state index contributed by atoms with van der Waals surface area (Å²) in [7, 11) is -4.47. The van der Waals surface area contributed by atoms with Crippen molar-refractivity contribution in [3.63, 3.8) is 0 Å². The number of pyridine rings is 1. The predicted octanol–water partition coefficient (Wildman–Crippen LogP) is 7.26. The number of nitrogens with zero attached hydrogens (tertiary/aromatic N) is 2. The average molecular weight is 569 g/mol. The lowest BCUT2D eigenvalue weighted by Gasteiger charge is -2.29. The quantitative estimate of drug-likeness (QED) is 0.254. The van der Waals surface area contributed by atoms with Crippen LogP contribution in [0.5, 0.6) is 0 Å². The summed E-state index contributed by atoms with van der Waals surface area (Å²) in [6.07, 6.45) is 1.75. The van der Waals surface area contributed by atoms with Gasteiger partial charge in [0.2, 0.25) is 0 Å². The number of fused-ring (bicyclic) bond motifs is 1. The summed E-state index contributed by atoms with van der Waals surface area (Å²) in [6, 6.07) is 20.3. The lowest BCUT2D eigenvalue weighted by Crippen LogP contribution is -2.34. The van der Waals surface area contributed by atoms with Crippen molar-refractivity contribution in [3.05, 3.63) is 133 Å². The molecule has 4 aromatic rings. The Kier molecular flexibility index (Phi) is 6.94. The summed E-state index contributed by atoms with van der Waals surface area (Å²) in [5.74, 6) is -0.753. The highest BCUT2D eigenvalue weighted by Crippen LogP contribution is 2.49. The van der Waals surface area contributed by atoms with Gasteiger partial charge in [0.25, 0.3) is 15.6 Å². The van der Waals surface area contributed by atoms with Crippen LogP contribution < -0.4 is 9.86 Å². The number of anilines is 1. The molecule has 3 aromatic carbocycles. The summed E-state index contributed by atoms with van der Waals surface area (Å²) >= 11 is 12.3. The Labute approximate surface area is 230 Å². The highest BCUT2D eigenvalue weighted by Gasteiger charge is 2.47. The largest absolute Gasteiger partial charge is 0.283 e. The zero-order valence-electron chi connectivity index (χ0n) is 20.5. The molecule has 38 heavy (non-hydrogen) atoms. The molecule has 1 aromatic heterocycles. The van der Waals surface area contributed by atoms with Crippen LogP contribution in [0.25, 0.3) is 6.08 Å². The van der Waals surface area contributed by atoms with Crippen molar-refractivity contribution in [2.24, 2.45) is 0 Å². The number of sulfonamides is 1. The van der Waals surface area contributed by atoms with Gasteiger partial charge in [-0.2, -0.15) is 0 Å². The third-order valence-electron chi connectivity index (χ3n) is 6.42. The monoisotopic (exact) mass is 568 g/mol. The highest BCUT2D eigenvalue weighted by atomic mass is 35.5. The lowest BCUT2D eigenvalue weighted by molar-refractivity contribution is 0.524. The van der Waals surface area contributed by atoms with E-state index in [2.05, 4.69) is 0 Å². The first-order chi connectivity index (χ1) is 18.1. The third kappa shape index (κ3) is 4.55. The summed E-state index contributed by atoms with van der Waals surface area (Å²) in [6.45, 7) is 3.75. The van der Waals surface area contributed by atoms with Crippen molar-refractivity contribution in [2.45, 2.75) is 30.8 Å². The SMILES string of the molecule is CC(C)=Cc1ccc2n(c1=O)[C@@H](c1ccc(Cl)cc1)C(c1ccc(Cl)cc1)N2S(=O)(=O)c1ccccc1F. The zero-order valence-corrected chi connectivity index (χ0v) is 22.8. The van der Waals surface area contributed by atoms with Gasteiger partial charge in [0.15, 0.2) is 0 Å². The molecule has 0 bridgehead atoms. The molecule has 0 spiro atoms. The van der Waals surface area contributed by atoms with Crippen LogP contribution in [-0.2, 0) is 10.0 Å². The predicted molar refractivity (Wildman–Crippen MR) is 150 cm³/mol. The molecule has 0 fully saturated rings. The second-order valence-electron chi connectivity index (χ2n) is 9.27. The van der Waals surface area contributed by atoms with Crippen LogP contribution in [0, 0.1) is 5.82 Å². The molecule has 1 aliphatic heterocycles. The van der Waals surface area contributed by atoms with E-state index < -0.39 is 32.8 Å². The molecule has 0 saturated heterocycles. The van der Waals surface area contributed by atoms with Gasteiger partial charge in [0.05, 0.1) is 12.1 Å². The minimum atomic E-state index is -4.47. The average Bonchev–Trinajstić information content (AvgIpc) is 3.23. The topological polar surface area (TPSA) is 59.4 Å². The van der Waals surface area contributed by atoms with E-state index in [1.165, 1.54) is 22.8 Å². The van der Waals surface area contributed by atoms with E-state index in [1.54, 1.807) is 66.7 Å². The number of aromatic nitrogens is 1. The third-order valence-corrected chi connectivity index (χ3v) is 8.74. The Morgan fingerprint density at radius 1 is 0.816 bits per heavy atom. The molecule has 9 heteroatoms. The van der Waals surface area contributed by atoms with E-state index in [4.69, 9.17) is 23.2 Å². The van der Waals surface area contributed by atoms with E-state index in [0.717, 1.165) is 15.9 Å². The van der Waals surface area contributed by atoms with Gasteiger partial charge in [-0.15, -0.1) is 0 Å². The second kappa shape index (κ2) is 10.1. The van der Waals surface area contributed by atoms with Crippen LogP contribution in [0.3, 0.4) is 0 Å². The van der Waals surface area contributed by atoms with Gasteiger partial charge in [-0.1, -0.05) is 71.2 Å². The molecule has 0 N–H and O–H groups in total. The van der Waals surface area contributed by atoms with E-state index in [1.807, 2.05) is 13.8 Å². The number of benzene rings is 3. The Morgan fingerprint density at radius 2 is 1.37 bits per heavy atom. The fourth-order valence-electron chi connectivity index (χ4n) is 4.84. The van der Waals surface area contributed by atoms with Gasteiger partial charge >= 0.3 is 0 Å². The van der Waals surface area contributed by atoms with Crippen molar-refractivity contribution in [3.8, 4) is 0 Å². The molecule has 2 heterocycles. The first-order valence-electron chi connectivity index (χ1n) is 11.8. The second-order valence-corrected chi connectivity index (χ2v) is 11.9. The van der Waals surface area contributed by atoms with Gasteiger partial charge in [0, 0.05) is 15.6 Å². The number of hydrogen-bond donors (Lipinski definition) is 0. The maximum absolute atomic E-state index is 14.9. The summed E-state index contributed by atoms with van der Waals surface area (Å²) in [4.78, 5) is 13.4. The zero-order chi connectivity index (χ0) is 27.2.